The Hall–Kier alpha value is -1.14. The predicted octanol–water partition coefficient (Wildman–Crippen LogP) is 0.920. The second-order valence-corrected chi connectivity index (χ2v) is 7.77. The van der Waals surface area contributed by atoms with E-state index in [0.29, 0.717) is 44.7 Å². The van der Waals surface area contributed by atoms with Gasteiger partial charge in [0.15, 0.2) is 0 Å². The number of carbonyl (C=O) groups is 2. The van der Waals surface area contributed by atoms with E-state index in [1.54, 1.807) is 0 Å². The van der Waals surface area contributed by atoms with Gasteiger partial charge in [-0.2, -0.15) is 0 Å². The molecule has 2 amide bonds. The lowest BCUT2D eigenvalue weighted by Gasteiger charge is -2.36. The molecule has 3 aliphatic rings. The average molecular weight is 351 g/mol. The minimum Gasteiger partial charge on any atom is -0.338 e. The first kappa shape index (κ1) is 18.6. The Morgan fingerprint density at radius 1 is 1.00 bits per heavy atom. The number of nitrogens with one attached hydrogen (secondary N) is 1. The van der Waals surface area contributed by atoms with Gasteiger partial charge in [0.25, 0.3) is 0 Å². The van der Waals surface area contributed by atoms with Crippen LogP contribution in [-0.2, 0) is 9.59 Å². The van der Waals surface area contributed by atoms with E-state index in [4.69, 9.17) is 0 Å². The highest BCUT2D eigenvalue weighted by atomic mass is 16.2. The number of nitrogens with zero attached hydrogens (tertiary/aromatic N) is 3. The zero-order valence-corrected chi connectivity index (χ0v) is 15.9. The van der Waals surface area contributed by atoms with E-state index in [-0.39, 0.29) is 17.9 Å². The number of carbonyl (C=O) groups excluding carboxylic acids is 2. The van der Waals surface area contributed by atoms with Crippen molar-refractivity contribution in [2.45, 2.75) is 58.0 Å². The highest BCUT2D eigenvalue weighted by Crippen LogP contribution is 2.33. The van der Waals surface area contributed by atoms with Gasteiger partial charge in [0.2, 0.25) is 11.8 Å². The number of hydrogen-bond acceptors (Lipinski definition) is 4. The molecule has 0 aromatic heterocycles. The van der Waals surface area contributed by atoms with Crippen LogP contribution >= 0.6 is 0 Å². The van der Waals surface area contributed by atoms with Crippen molar-refractivity contribution in [2.75, 3.05) is 45.8 Å². The average Bonchev–Trinajstić information content (AvgIpc) is 3.09. The van der Waals surface area contributed by atoms with Crippen molar-refractivity contribution in [3.63, 3.8) is 0 Å². The molecule has 0 radical (unpaired) electrons. The Morgan fingerprint density at radius 3 is 2.28 bits per heavy atom. The van der Waals surface area contributed by atoms with Crippen molar-refractivity contribution in [2.24, 2.45) is 5.92 Å². The summed E-state index contributed by atoms with van der Waals surface area (Å²) >= 11 is 0. The van der Waals surface area contributed by atoms with Gasteiger partial charge in [0.05, 0.1) is 12.6 Å². The molecule has 142 valence electrons. The Balaban J connectivity index is 1.45. The molecule has 25 heavy (non-hydrogen) atoms. The molecule has 0 spiro atoms. The van der Waals surface area contributed by atoms with Gasteiger partial charge in [-0.1, -0.05) is 26.7 Å². The standard InChI is InChI=1S/C19H34N4O2/c1-3-21(4-2)14-18(24)22-9-11-23(12-10-22)19(25)17-13-15-7-5-6-8-16(15)20-17/h15-17,20H,3-14H2,1-2H3. The molecule has 0 bridgehead atoms. The zero-order valence-electron chi connectivity index (χ0n) is 15.9. The van der Waals surface area contributed by atoms with Crippen molar-refractivity contribution >= 4 is 11.8 Å². The maximum atomic E-state index is 12.8. The van der Waals surface area contributed by atoms with Crippen LogP contribution in [0.5, 0.6) is 0 Å². The van der Waals surface area contributed by atoms with Gasteiger partial charge in [0.1, 0.15) is 0 Å². The molecular formula is C19H34N4O2. The van der Waals surface area contributed by atoms with Crippen LogP contribution in [0.15, 0.2) is 0 Å². The van der Waals surface area contributed by atoms with Crippen molar-refractivity contribution in [1.29, 1.82) is 0 Å². The maximum absolute atomic E-state index is 12.8. The van der Waals surface area contributed by atoms with Gasteiger partial charge in [0, 0.05) is 32.2 Å². The number of piperazine rings is 1. The molecule has 2 heterocycles. The molecule has 6 heteroatoms. The predicted molar refractivity (Wildman–Crippen MR) is 98.2 cm³/mol. The molecule has 1 aliphatic carbocycles. The lowest BCUT2D eigenvalue weighted by atomic mass is 9.85. The maximum Gasteiger partial charge on any atom is 0.239 e. The summed E-state index contributed by atoms with van der Waals surface area (Å²) in [6, 6.07) is 0.561. The fourth-order valence-electron chi connectivity index (χ4n) is 4.65. The van der Waals surface area contributed by atoms with Gasteiger partial charge in [-0.25, -0.2) is 0 Å². The SMILES string of the molecule is CCN(CC)CC(=O)N1CCN(C(=O)C2CC3CCCCC3N2)CC1. The van der Waals surface area contributed by atoms with Gasteiger partial charge >= 0.3 is 0 Å². The zero-order chi connectivity index (χ0) is 17.8. The summed E-state index contributed by atoms with van der Waals surface area (Å²) in [5, 5.41) is 3.59. The number of hydrogen-bond donors (Lipinski definition) is 1. The van der Waals surface area contributed by atoms with E-state index in [1.165, 1.54) is 25.7 Å². The van der Waals surface area contributed by atoms with Crippen LogP contribution in [0, 0.1) is 5.92 Å². The summed E-state index contributed by atoms with van der Waals surface area (Å²) in [4.78, 5) is 31.3. The lowest BCUT2D eigenvalue weighted by molar-refractivity contribution is -0.141. The van der Waals surface area contributed by atoms with Crippen molar-refractivity contribution in [3.05, 3.63) is 0 Å². The quantitative estimate of drug-likeness (QED) is 0.801. The molecule has 3 fully saturated rings. The molecule has 1 N–H and O–H groups in total. The number of rotatable bonds is 5. The molecule has 0 aromatic carbocycles. The van der Waals surface area contributed by atoms with Crippen LogP contribution in [0.1, 0.15) is 46.0 Å². The van der Waals surface area contributed by atoms with Gasteiger partial charge < -0.3 is 15.1 Å². The van der Waals surface area contributed by atoms with Crippen LogP contribution < -0.4 is 5.32 Å². The van der Waals surface area contributed by atoms with Crippen molar-refractivity contribution in [1.82, 2.24) is 20.0 Å². The molecule has 2 aliphatic heterocycles. The third-order valence-electron chi connectivity index (χ3n) is 6.36. The minimum atomic E-state index is 0.00558. The van der Waals surface area contributed by atoms with E-state index < -0.39 is 0 Å². The highest BCUT2D eigenvalue weighted by molar-refractivity contribution is 5.83. The largest absolute Gasteiger partial charge is 0.338 e. The highest BCUT2D eigenvalue weighted by Gasteiger charge is 2.40. The van der Waals surface area contributed by atoms with E-state index in [9.17, 15) is 9.59 Å². The van der Waals surface area contributed by atoms with Crippen LogP contribution in [0.25, 0.3) is 0 Å². The smallest absolute Gasteiger partial charge is 0.239 e. The molecule has 2 saturated heterocycles. The van der Waals surface area contributed by atoms with Crippen LogP contribution in [0.4, 0.5) is 0 Å². The number of fused-ring (bicyclic) bond motifs is 1. The monoisotopic (exact) mass is 350 g/mol. The van der Waals surface area contributed by atoms with E-state index >= 15 is 0 Å². The molecule has 3 atom stereocenters. The number of likely N-dealkylation sites (N-methyl/N-ethyl adjacent to an activating group) is 1. The van der Waals surface area contributed by atoms with E-state index in [1.807, 2.05) is 9.80 Å². The Morgan fingerprint density at radius 2 is 1.64 bits per heavy atom. The molecule has 3 unspecified atom stereocenters. The van der Waals surface area contributed by atoms with Crippen LogP contribution in [0.2, 0.25) is 0 Å². The Bertz CT molecular complexity index is 458. The summed E-state index contributed by atoms with van der Waals surface area (Å²) in [5.74, 6) is 1.14. The molecule has 0 aromatic rings. The third-order valence-corrected chi connectivity index (χ3v) is 6.36. The first-order chi connectivity index (χ1) is 12.1. The normalized spacial score (nSPS) is 29.8. The van der Waals surface area contributed by atoms with Crippen molar-refractivity contribution < 1.29 is 9.59 Å². The second kappa shape index (κ2) is 8.49. The molecular weight excluding hydrogens is 316 g/mol. The molecule has 1 saturated carbocycles. The van der Waals surface area contributed by atoms with Gasteiger partial charge in [-0.05, 0) is 38.3 Å². The third kappa shape index (κ3) is 4.34. The summed E-state index contributed by atoms with van der Waals surface area (Å²) in [7, 11) is 0. The second-order valence-electron chi connectivity index (χ2n) is 7.77. The summed E-state index contributed by atoms with van der Waals surface area (Å²) in [5.41, 5.74) is 0. The van der Waals surface area contributed by atoms with E-state index in [0.717, 1.165) is 19.5 Å². The molecule has 6 nitrogen and oxygen atoms in total. The molecule has 3 rings (SSSR count). The van der Waals surface area contributed by atoms with Crippen molar-refractivity contribution in [3.8, 4) is 0 Å². The Labute approximate surface area is 151 Å². The fourth-order valence-corrected chi connectivity index (χ4v) is 4.65. The first-order valence-corrected chi connectivity index (χ1v) is 10.2. The van der Waals surface area contributed by atoms with Crippen LogP contribution in [-0.4, -0.2) is 84.4 Å². The van der Waals surface area contributed by atoms with Gasteiger partial charge in [-0.3, -0.25) is 14.5 Å². The topological polar surface area (TPSA) is 55.9 Å². The minimum absolute atomic E-state index is 0.00558. The van der Waals surface area contributed by atoms with Crippen LogP contribution in [0.3, 0.4) is 0 Å². The van der Waals surface area contributed by atoms with Gasteiger partial charge in [-0.15, -0.1) is 0 Å². The lowest BCUT2D eigenvalue weighted by Crippen LogP contribution is -2.55. The summed E-state index contributed by atoms with van der Waals surface area (Å²) in [6.07, 6.45) is 6.11. The fraction of sp³-hybridized carbons (Fsp3) is 0.895. The summed E-state index contributed by atoms with van der Waals surface area (Å²) < 4.78 is 0. The Kier molecular flexibility index (Phi) is 6.34. The number of amides is 2. The van der Waals surface area contributed by atoms with E-state index in [2.05, 4.69) is 24.1 Å². The summed E-state index contributed by atoms with van der Waals surface area (Å²) in [6.45, 7) is 9.16. The first-order valence-electron chi connectivity index (χ1n) is 10.2.